The Balaban J connectivity index is 2.33. The van der Waals surface area contributed by atoms with Crippen molar-refractivity contribution in [2.75, 3.05) is 12.8 Å². The van der Waals surface area contributed by atoms with E-state index in [2.05, 4.69) is 4.98 Å². The Morgan fingerprint density at radius 1 is 1.33 bits per heavy atom. The zero-order chi connectivity index (χ0) is 15.6. The van der Waals surface area contributed by atoms with Crippen molar-refractivity contribution < 1.29 is 8.42 Å². The second kappa shape index (κ2) is 6.01. The van der Waals surface area contributed by atoms with Crippen molar-refractivity contribution in [3.63, 3.8) is 0 Å². The summed E-state index contributed by atoms with van der Waals surface area (Å²) in [6.07, 6.45) is 1.63. The molecule has 0 aliphatic heterocycles. The smallest absolute Gasteiger partial charge is 0.243 e. The molecule has 0 spiro atoms. The average molecular weight is 326 g/mol. The first kappa shape index (κ1) is 15.8. The molecule has 0 aliphatic rings. The van der Waals surface area contributed by atoms with E-state index in [1.54, 1.807) is 25.3 Å². The molecule has 0 amide bonds. The third-order valence-electron chi connectivity index (χ3n) is 3.08. The largest absolute Gasteiger partial charge is 0.397 e. The van der Waals surface area contributed by atoms with Crippen molar-refractivity contribution in [1.82, 2.24) is 9.29 Å². The van der Waals surface area contributed by atoms with E-state index < -0.39 is 10.0 Å². The molecule has 1 heterocycles. The van der Waals surface area contributed by atoms with Gasteiger partial charge >= 0.3 is 0 Å². The summed E-state index contributed by atoms with van der Waals surface area (Å²) < 4.78 is 26.3. The van der Waals surface area contributed by atoms with Crippen LogP contribution < -0.4 is 5.73 Å². The maximum Gasteiger partial charge on any atom is 0.243 e. The predicted octanol–water partition coefficient (Wildman–Crippen LogP) is 2.45. The van der Waals surface area contributed by atoms with Crippen molar-refractivity contribution >= 4 is 27.3 Å². The van der Waals surface area contributed by atoms with E-state index in [0.29, 0.717) is 16.3 Å². The quantitative estimate of drug-likeness (QED) is 0.876. The number of nitrogens with two attached hydrogens (primary N) is 1. The van der Waals surface area contributed by atoms with Gasteiger partial charge in [-0.3, -0.25) is 4.98 Å². The Morgan fingerprint density at radius 3 is 2.62 bits per heavy atom. The molecule has 0 unspecified atom stereocenters. The lowest BCUT2D eigenvalue weighted by Crippen LogP contribution is -2.27. The van der Waals surface area contributed by atoms with Crippen LogP contribution in [0.3, 0.4) is 0 Å². The molecule has 0 bridgehead atoms. The van der Waals surface area contributed by atoms with Crippen LogP contribution in [-0.2, 0) is 16.6 Å². The maximum atomic E-state index is 12.6. The number of rotatable bonds is 4. The minimum Gasteiger partial charge on any atom is -0.397 e. The number of hydrogen-bond donors (Lipinski definition) is 1. The minimum atomic E-state index is -3.64. The third-order valence-corrected chi connectivity index (χ3v) is 5.37. The lowest BCUT2D eigenvalue weighted by atomic mass is 10.2. The van der Waals surface area contributed by atoms with Gasteiger partial charge in [-0.1, -0.05) is 17.7 Å². The summed E-state index contributed by atoms with van der Waals surface area (Å²) in [5, 5.41) is 0.376. The summed E-state index contributed by atoms with van der Waals surface area (Å²) in [6, 6.07) is 8.25. The fourth-order valence-electron chi connectivity index (χ4n) is 1.90. The number of aryl methyl sites for hydroxylation is 1. The molecule has 2 N–H and O–H groups in total. The fourth-order valence-corrected chi connectivity index (χ4v) is 3.27. The maximum absolute atomic E-state index is 12.6. The molecule has 21 heavy (non-hydrogen) atoms. The highest BCUT2D eigenvalue weighted by atomic mass is 35.5. The molecule has 0 saturated carbocycles. The first-order valence-electron chi connectivity index (χ1n) is 6.24. The van der Waals surface area contributed by atoms with Gasteiger partial charge in [0, 0.05) is 13.2 Å². The molecule has 2 aromatic rings. The van der Waals surface area contributed by atoms with Crippen molar-refractivity contribution in [2.24, 2.45) is 0 Å². The molecule has 5 nitrogen and oxygen atoms in total. The van der Waals surface area contributed by atoms with Gasteiger partial charge in [-0.15, -0.1) is 0 Å². The van der Waals surface area contributed by atoms with Crippen LogP contribution in [-0.4, -0.2) is 24.8 Å². The summed E-state index contributed by atoms with van der Waals surface area (Å²) in [6.45, 7) is 1.90. The predicted molar refractivity (Wildman–Crippen MR) is 83.5 cm³/mol. The summed E-state index contributed by atoms with van der Waals surface area (Å²) in [5.74, 6) is 0. The molecule has 1 aromatic carbocycles. The van der Waals surface area contributed by atoms with Crippen LogP contribution in [0, 0.1) is 6.92 Å². The molecule has 0 fully saturated rings. The SMILES string of the molecule is Cc1cc(S(=O)(=O)N(C)Cc2ccccn2)cc(N)c1Cl. The van der Waals surface area contributed by atoms with Crippen LogP contribution in [0.25, 0.3) is 0 Å². The van der Waals surface area contributed by atoms with Crippen LogP contribution in [0.15, 0.2) is 41.4 Å². The minimum absolute atomic E-state index is 0.125. The highest BCUT2D eigenvalue weighted by Crippen LogP contribution is 2.28. The Labute approximate surface area is 129 Å². The summed E-state index contributed by atoms with van der Waals surface area (Å²) in [5.41, 5.74) is 7.29. The third kappa shape index (κ3) is 3.34. The fraction of sp³-hybridized carbons (Fsp3) is 0.214. The van der Waals surface area contributed by atoms with Crippen LogP contribution >= 0.6 is 11.6 Å². The Kier molecular flexibility index (Phi) is 4.51. The molecule has 2 rings (SSSR count). The van der Waals surface area contributed by atoms with Crippen LogP contribution in [0.2, 0.25) is 5.02 Å². The lowest BCUT2D eigenvalue weighted by molar-refractivity contribution is 0.462. The molecule has 0 saturated heterocycles. The van der Waals surface area contributed by atoms with Gasteiger partial charge in [-0.2, -0.15) is 4.31 Å². The van der Waals surface area contributed by atoms with E-state index in [1.807, 2.05) is 6.07 Å². The van der Waals surface area contributed by atoms with Gasteiger partial charge in [0.05, 0.1) is 27.8 Å². The molecule has 0 radical (unpaired) electrons. The van der Waals surface area contributed by atoms with Crippen LogP contribution in [0.4, 0.5) is 5.69 Å². The van der Waals surface area contributed by atoms with E-state index >= 15 is 0 Å². The zero-order valence-electron chi connectivity index (χ0n) is 11.7. The Hall–Kier alpha value is -1.63. The number of nitrogen functional groups attached to an aromatic ring is 1. The second-order valence-corrected chi connectivity index (χ2v) is 7.15. The van der Waals surface area contributed by atoms with Gasteiger partial charge in [0.15, 0.2) is 0 Å². The monoisotopic (exact) mass is 325 g/mol. The van der Waals surface area contributed by atoms with E-state index in [-0.39, 0.29) is 17.1 Å². The highest BCUT2D eigenvalue weighted by Gasteiger charge is 2.22. The number of benzene rings is 1. The summed E-state index contributed by atoms with van der Waals surface area (Å²) >= 11 is 5.97. The Bertz CT molecular complexity index is 725. The van der Waals surface area contributed by atoms with Gasteiger partial charge < -0.3 is 5.73 Å². The normalized spacial score (nSPS) is 11.8. The summed E-state index contributed by atoms with van der Waals surface area (Å²) in [4.78, 5) is 4.25. The van der Waals surface area contributed by atoms with E-state index in [4.69, 9.17) is 17.3 Å². The van der Waals surface area contributed by atoms with E-state index in [1.165, 1.54) is 23.5 Å². The first-order valence-corrected chi connectivity index (χ1v) is 8.06. The van der Waals surface area contributed by atoms with Gasteiger partial charge in [0.2, 0.25) is 10.0 Å². The zero-order valence-corrected chi connectivity index (χ0v) is 13.3. The molecule has 0 aliphatic carbocycles. The topological polar surface area (TPSA) is 76.3 Å². The molecule has 112 valence electrons. The number of sulfonamides is 1. The van der Waals surface area contributed by atoms with Gasteiger partial charge in [-0.25, -0.2) is 8.42 Å². The van der Waals surface area contributed by atoms with Crippen LogP contribution in [0.5, 0.6) is 0 Å². The number of aromatic nitrogens is 1. The molecular formula is C14H16ClN3O2S. The van der Waals surface area contributed by atoms with Crippen molar-refractivity contribution in [3.8, 4) is 0 Å². The van der Waals surface area contributed by atoms with Crippen molar-refractivity contribution in [3.05, 3.63) is 52.8 Å². The first-order chi connectivity index (χ1) is 9.82. The molecular weight excluding hydrogens is 310 g/mol. The Morgan fingerprint density at radius 2 is 2.05 bits per heavy atom. The van der Waals surface area contributed by atoms with Gasteiger partial charge in [0.1, 0.15) is 0 Å². The second-order valence-electron chi connectivity index (χ2n) is 4.73. The number of hydrogen-bond acceptors (Lipinski definition) is 4. The molecule has 7 heteroatoms. The summed E-state index contributed by atoms with van der Waals surface area (Å²) in [7, 11) is -2.14. The molecule has 1 aromatic heterocycles. The lowest BCUT2D eigenvalue weighted by Gasteiger charge is -2.18. The standard InChI is InChI=1S/C14H16ClN3O2S/c1-10-7-12(8-13(16)14(10)15)21(19,20)18(2)9-11-5-3-4-6-17-11/h3-8H,9,16H2,1-2H3. The van der Waals surface area contributed by atoms with E-state index in [0.717, 1.165) is 0 Å². The van der Waals surface area contributed by atoms with E-state index in [9.17, 15) is 8.42 Å². The van der Waals surface area contributed by atoms with Gasteiger partial charge in [0.25, 0.3) is 0 Å². The average Bonchev–Trinajstić information content (AvgIpc) is 2.45. The van der Waals surface area contributed by atoms with Crippen molar-refractivity contribution in [1.29, 1.82) is 0 Å². The van der Waals surface area contributed by atoms with Crippen molar-refractivity contribution in [2.45, 2.75) is 18.4 Å². The van der Waals surface area contributed by atoms with Gasteiger partial charge in [-0.05, 0) is 36.8 Å². The van der Waals surface area contributed by atoms with Crippen LogP contribution in [0.1, 0.15) is 11.3 Å². The number of anilines is 1. The number of halogens is 1. The molecule has 0 atom stereocenters. The number of nitrogens with zero attached hydrogens (tertiary/aromatic N) is 2. The highest BCUT2D eigenvalue weighted by molar-refractivity contribution is 7.89. The number of pyridine rings is 1.